The first kappa shape index (κ1) is 16.4. The molecule has 0 bridgehead atoms. The molecule has 1 aliphatic rings. The Morgan fingerprint density at radius 2 is 0.944 bits per heavy atom. The van der Waals surface area contributed by atoms with E-state index in [1.165, 1.54) is 25.7 Å². The van der Waals surface area contributed by atoms with Gasteiger partial charge in [0.15, 0.2) is 0 Å². The number of nitrogens with zero attached hydrogens (tertiary/aromatic N) is 2. The van der Waals surface area contributed by atoms with Crippen molar-refractivity contribution in [3.8, 4) is 0 Å². The molecule has 0 aliphatic heterocycles. The summed E-state index contributed by atoms with van der Waals surface area (Å²) < 4.78 is 5.51. The lowest BCUT2D eigenvalue weighted by Gasteiger charge is -2.50. The fraction of sp³-hybridized carbons (Fsp3) is 1.00. The Kier molecular flexibility index (Phi) is 5.26. The van der Waals surface area contributed by atoms with Gasteiger partial charge in [-0.2, -0.15) is 0 Å². The van der Waals surface area contributed by atoms with Crippen molar-refractivity contribution < 1.29 is 0 Å². The first-order valence-corrected chi connectivity index (χ1v) is 14.4. The second kappa shape index (κ2) is 5.77. The number of rotatable bonds is 4. The average Bonchev–Trinajstić information content (AvgIpc) is 2.24. The molecule has 0 aromatic rings. The van der Waals surface area contributed by atoms with Crippen molar-refractivity contribution in [3.05, 3.63) is 0 Å². The fourth-order valence-electron chi connectivity index (χ4n) is 2.99. The van der Waals surface area contributed by atoms with Crippen LogP contribution in [0, 0.1) is 0 Å². The fourth-order valence-corrected chi connectivity index (χ4v) is 5.58. The van der Waals surface area contributed by atoms with Crippen molar-refractivity contribution in [1.29, 1.82) is 0 Å². The molecule has 2 nitrogen and oxygen atoms in total. The van der Waals surface area contributed by atoms with Crippen molar-refractivity contribution in [3.63, 3.8) is 0 Å². The molecular weight excluding hydrogens is 252 g/mol. The molecule has 0 spiro atoms. The zero-order valence-corrected chi connectivity index (χ0v) is 15.9. The molecule has 4 heteroatoms. The molecule has 0 radical (unpaired) electrons. The van der Waals surface area contributed by atoms with E-state index in [4.69, 9.17) is 0 Å². The van der Waals surface area contributed by atoms with Crippen LogP contribution in [0.1, 0.15) is 25.7 Å². The van der Waals surface area contributed by atoms with Gasteiger partial charge in [-0.15, -0.1) is 0 Å². The third-order valence-corrected chi connectivity index (χ3v) is 9.70. The van der Waals surface area contributed by atoms with Crippen LogP contribution in [-0.4, -0.2) is 51.8 Å². The molecule has 0 heterocycles. The van der Waals surface area contributed by atoms with E-state index in [2.05, 4.69) is 62.5 Å². The first-order chi connectivity index (χ1) is 8.05. The number of hydrogen-bond donors (Lipinski definition) is 0. The standard InChI is InChI=1S/C14H34N2Si2/c1-15(17(3,4)5)13-11-9-10-12-14(13)16(2)18(6,7)8/h13-14H,9-12H2,1-8H3. The van der Waals surface area contributed by atoms with Crippen LogP contribution >= 0.6 is 0 Å². The van der Waals surface area contributed by atoms with Crippen LogP contribution in [0.5, 0.6) is 0 Å². The third kappa shape index (κ3) is 3.92. The van der Waals surface area contributed by atoms with E-state index in [1.54, 1.807) is 0 Å². The molecule has 0 saturated heterocycles. The lowest BCUT2D eigenvalue weighted by Crippen LogP contribution is -2.62. The molecule has 1 aliphatic carbocycles. The normalized spacial score (nSPS) is 27.0. The third-order valence-electron chi connectivity index (χ3n) is 4.81. The quantitative estimate of drug-likeness (QED) is 0.725. The summed E-state index contributed by atoms with van der Waals surface area (Å²) >= 11 is 0. The minimum atomic E-state index is -1.17. The monoisotopic (exact) mass is 286 g/mol. The second-order valence-corrected chi connectivity index (χ2v) is 18.1. The van der Waals surface area contributed by atoms with Gasteiger partial charge in [0.2, 0.25) is 0 Å². The minimum Gasteiger partial charge on any atom is -0.322 e. The maximum atomic E-state index is 2.76. The smallest absolute Gasteiger partial charge is 0.119 e. The molecule has 2 atom stereocenters. The van der Waals surface area contributed by atoms with Gasteiger partial charge in [-0.05, 0) is 26.9 Å². The highest BCUT2D eigenvalue weighted by Gasteiger charge is 2.39. The summed E-state index contributed by atoms with van der Waals surface area (Å²) in [7, 11) is 2.42. The van der Waals surface area contributed by atoms with Crippen LogP contribution in [0.3, 0.4) is 0 Å². The molecule has 0 N–H and O–H groups in total. The zero-order valence-electron chi connectivity index (χ0n) is 13.9. The highest BCUT2D eigenvalue weighted by atomic mass is 28.3. The summed E-state index contributed by atoms with van der Waals surface area (Å²) in [6, 6.07) is 1.59. The van der Waals surface area contributed by atoms with Gasteiger partial charge < -0.3 is 9.13 Å². The van der Waals surface area contributed by atoms with E-state index in [-0.39, 0.29) is 0 Å². The number of hydrogen-bond acceptors (Lipinski definition) is 2. The summed E-state index contributed by atoms with van der Waals surface area (Å²) in [5.74, 6) is 0. The van der Waals surface area contributed by atoms with Crippen LogP contribution in [-0.2, 0) is 0 Å². The van der Waals surface area contributed by atoms with Crippen molar-refractivity contribution in [1.82, 2.24) is 9.13 Å². The lowest BCUT2D eigenvalue weighted by atomic mass is 9.90. The Labute approximate surface area is 117 Å². The molecule has 0 aromatic heterocycles. The van der Waals surface area contributed by atoms with E-state index >= 15 is 0 Å². The predicted octanol–water partition coefficient (Wildman–Crippen LogP) is 3.83. The molecule has 1 rings (SSSR count). The topological polar surface area (TPSA) is 6.48 Å². The molecule has 1 fully saturated rings. The molecule has 0 aromatic carbocycles. The second-order valence-electron chi connectivity index (χ2n) is 7.98. The Bertz CT molecular complexity index is 240. The van der Waals surface area contributed by atoms with E-state index in [1.807, 2.05) is 0 Å². The maximum Gasteiger partial charge on any atom is 0.119 e. The van der Waals surface area contributed by atoms with Gasteiger partial charge in [-0.25, -0.2) is 0 Å². The molecule has 1 saturated carbocycles. The van der Waals surface area contributed by atoms with Gasteiger partial charge >= 0.3 is 0 Å². The van der Waals surface area contributed by atoms with Crippen LogP contribution < -0.4 is 0 Å². The minimum absolute atomic E-state index is 0.794. The van der Waals surface area contributed by atoms with Gasteiger partial charge in [0.1, 0.15) is 16.5 Å². The number of likely N-dealkylation sites (N-methyl/N-ethyl adjacent to an activating group) is 2. The van der Waals surface area contributed by atoms with Crippen LogP contribution in [0.2, 0.25) is 39.3 Å². The highest BCUT2D eigenvalue weighted by molar-refractivity contribution is 6.74. The molecule has 18 heavy (non-hydrogen) atoms. The Morgan fingerprint density at radius 3 is 1.17 bits per heavy atom. The summed E-state index contributed by atoms with van der Waals surface area (Å²) in [6.45, 7) is 14.9. The van der Waals surface area contributed by atoms with E-state index in [0.29, 0.717) is 0 Å². The molecule has 2 unspecified atom stereocenters. The Hall–Kier alpha value is 0.354. The summed E-state index contributed by atoms with van der Waals surface area (Å²) in [5, 5.41) is 0. The largest absolute Gasteiger partial charge is 0.322 e. The molecule has 108 valence electrons. The summed E-state index contributed by atoms with van der Waals surface area (Å²) in [4.78, 5) is 0. The van der Waals surface area contributed by atoms with Crippen LogP contribution in [0.25, 0.3) is 0 Å². The van der Waals surface area contributed by atoms with Crippen molar-refractivity contribution >= 4 is 16.5 Å². The molecular formula is C14H34N2Si2. The van der Waals surface area contributed by atoms with Crippen LogP contribution in [0.15, 0.2) is 0 Å². The van der Waals surface area contributed by atoms with Crippen molar-refractivity contribution in [2.24, 2.45) is 0 Å². The average molecular weight is 287 g/mol. The van der Waals surface area contributed by atoms with Gasteiger partial charge in [-0.3, -0.25) is 0 Å². The SMILES string of the molecule is CN(C1CCCCC1N(C)[Si](C)(C)C)[Si](C)(C)C. The van der Waals surface area contributed by atoms with E-state index in [9.17, 15) is 0 Å². The van der Waals surface area contributed by atoms with Crippen molar-refractivity contribution in [2.75, 3.05) is 14.1 Å². The van der Waals surface area contributed by atoms with Crippen molar-refractivity contribution in [2.45, 2.75) is 77.0 Å². The summed E-state index contributed by atoms with van der Waals surface area (Å²) in [6.07, 6.45) is 5.66. The van der Waals surface area contributed by atoms with Gasteiger partial charge in [0, 0.05) is 12.1 Å². The summed E-state index contributed by atoms with van der Waals surface area (Å²) in [5.41, 5.74) is 0. The zero-order chi connectivity index (χ0) is 14.1. The van der Waals surface area contributed by atoms with Gasteiger partial charge in [0.05, 0.1) is 0 Å². The Morgan fingerprint density at radius 1 is 0.667 bits per heavy atom. The van der Waals surface area contributed by atoms with Gasteiger partial charge in [-0.1, -0.05) is 52.1 Å². The first-order valence-electron chi connectivity index (χ1n) is 7.51. The maximum absolute atomic E-state index is 2.76. The Balaban J connectivity index is 2.87. The lowest BCUT2D eigenvalue weighted by molar-refractivity contribution is 0.164. The van der Waals surface area contributed by atoms with E-state index < -0.39 is 16.5 Å². The highest BCUT2D eigenvalue weighted by Crippen LogP contribution is 2.30. The van der Waals surface area contributed by atoms with E-state index in [0.717, 1.165) is 12.1 Å². The van der Waals surface area contributed by atoms with Crippen LogP contribution in [0.4, 0.5) is 0 Å². The molecule has 0 amide bonds. The predicted molar refractivity (Wildman–Crippen MR) is 88.3 cm³/mol. The van der Waals surface area contributed by atoms with Gasteiger partial charge in [0.25, 0.3) is 0 Å².